The van der Waals surface area contributed by atoms with Gasteiger partial charge >= 0.3 is 11.9 Å². The molecule has 3 aromatic rings. The summed E-state index contributed by atoms with van der Waals surface area (Å²) in [6, 6.07) is 18.2. The van der Waals surface area contributed by atoms with E-state index >= 15 is 0 Å². The van der Waals surface area contributed by atoms with Gasteiger partial charge in [-0.1, -0.05) is 61.7 Å². The van der Waals surface area contributed by atoms with E-state index in [9.17, 15) is 14.4 Å². The molecule has 0 saturated heterocycles. The predicted octanol–water partition coefficient (Wildman–Crippen LogP) is 5.05. The summed E-state index contributed by atoms with van der Waals surface area (Å²) in [4.78, 5) is 40.1. The molecule has 2 N–H and O–H groups in total. The van der Waals surface area contributed by atoms with E-state index in [4.69, 9.17) is 14.2 Å². The quantitative estimate of drug-likeness (QED) is 0.444. The molecule has 5 rings (SSSR count). The third-order valence-corrected chi connectivity index (χ3v) is 7.13. The molecule has 1 heterocycles. The Balaban J connectivity index is 1.71. The van der Waals surface area contributed by atoms with Crippen LogP contribution in [0.1, 0.15) is 53.9 Å². The number of fused-ring (bicyclic) bond motifs is 3. The first-order chi connectivity index (χ1) is 18.5. The first-order valence-electron chi connectivity index (χ1n) is 12.8. The lowest BCUT2D eigenvalue weighted by Gasteiger charge is -2.33. The molecule has 1 aliphatic heterocycles. The summed E-state index contributed by atoms with van der Waals surface area (Å²) >= 11 is 0. The highest BCUT2D eigenvalue weighted by Crippen LogP contribution is 2.46. The molecular formula is C30H30N2O6. The van der Waals surface area contributed by atoms with Gasteiger partial charge in [-0.25, -0.2) is 4.79 Å². The number of anilines is 1. The van der Waals surface area contributed by atoms with Crippen molar-refractivity contribution in [2.24, 2.45) is 0 Å². The van der Waals surface area contributed by atoms with E-state index < -0.39 is 23.8 Å². The van der Waals surface area contributed by atoms with E-state index in [-0.39, 0.29) is 28.8 Å². The molecule has 1 atom stereocenters. The van der Waals surface area contributed by atoms with Gasteiger partial charge in [-0.15, -0.1) is 0 Å². The van der Waals surface area contributed by atoms with Gasteiger partial charge in [0, 0.05) is 17.3 Å². The number of carbonyl (C=O) groups is 3. The van der Waals surface area contributed by atoms with Crippen LogP contribution in [0.4, 0.5) is 5.69 Å². The fourth-order valence-electron chi connectivity index (χ4n) is 5.29. The van der Waals surface area contributed by atoms with Gasteiger partial charge in [-0.2, -0.15) is 0 Å². The van der Waals surface area contributed by atoms with Gasteiger partial charge in [0.05, 0.1) is 19.8 Å². The Hall–Kier alpha value is -4.33. The van der Waals surface area contributed by atoms with Crippen molar-refractivity contribution in [3.63, 3.8) is 0 Å². The highest BCUT2D eigenvalue weighted by molar-refractivity contribution is 6.12. The maximum Gasteiger partial charge on any atom is 0.340 e. The lowest BCUT2D eigenvalue weighted by atomic mass is 9.83. The highest BCUT2D eigenvalue weighted by Gasteiger charge is 2.43. The first kappa shape index (κ1) is 25.3. The van der Waals surface area contributed by atoms with Crippen molar-refractivity contribution in [2.75, 3.05) is 19.5 Å². The molecule has 2 aliphatic rings. The number of benzene rings is 3. The van der Waals surface area contributed by atoms with Gasteiger partial charge in [0.15, 0.2) is 0 Å². The zero-order valence-electron chi connectivity index (χ0n) is 21.4. The third-order valence-electron chi connectivity index (χ3n) is 7.13. The van der Waals surface area contributed by atoms with Gasteiger partial charge in [0.25, 0.3) is 5.91 Å². The van der Waals surface area contributed by atoms with Crippen LogP contribution in [0.2, 0.25) is 0 Å². The molecule has 196 valence electrons. The molecule has 1 aliphatic carbocycles. The topological polar surface area (TPSA) is 103 Å². The molecule has 0 bridgehead atoms. The Morgan fingerprint density at radius 2 is 1.61 bits per heavy atom. The number of hydrogen-bond donors (Lipinski definition) is 2. The molecule has 8 heteroatoms. The summed E-state index contributed by atoms with van der Waals surface area (Å²) in [6.45, 7) is 0. The molecule has 0 aromatic heterocycles. The summed E-state index contributed by atoms with van der Waals surface area (Å²) in [5.74, 6) is -2.58. The number of amides is 1. The maximum absolute atomic E-state index is 13.6. The van der Waals surface area contributed by atoms with E-state index in [1.165, 1.54) is 14.2 Å². The average Bonchev–Trinajstić information content (AvgIpc) is 2.96. The van der Waals surface area contributed by atoms with E-state index in [1.807, 2.05) is 42.5 Å². The predicted molar refractivity (Wildman–Crippen MR) is 143 cm³/mol. The van der Waals surface area contributed by atoms with Crippen LogP contribution in [0.15, 0.2) is 72.1 Å². The minimum absolute atomic E-state index is 0.0307. The first-order valence-corrected chi connectivity index (χ1v) is 12.8. The number of methoxy groups -OCH3 is 2. The fourth-order valence-corrected chi connectivity index (χ4v) is 5.29. The van der Waals surface area contributed by atoms with Crippen molar-refractivity contribution in [3.8, 4) is 5.75 Å². The number of rotatable bonds is 6. The van der Waals surface area contributed by atoms with Crippen molar-refractivity contribution in [1.29, 1.82) is 0 Å². The Morgan fingerprint density at radius 1 is 0.895 bits per heavy atom. The second-order valence-corrected chi connectivity index (χ2v) is 9.48. The number of hydrogen-bond acceptors (Lipinski definition) is 7. The van der Waals surface area contributed by atoms with Crippen molar-refractivity contribution >= 4 is 34.3 Å². The lowest BCUT2D eigenvalue weighted by molar-refractivity contribution is -0.145. The normalized spacial score (nSPS) is 17.3. The largest absolute Gasteiger partial charge is 0.468 e. The third kappa shape index (κ3) is 4.81. The molecule has 8 nitrogen and oxygen atoms in total. The van der Waals surface area contributed by atoms with Gasteiger partial charge in [0.2, 0.25) is 5.88 Å². The minimum atomic E-state index is -1.16. The Morgan fingerprint density at radius 3 is 2.32 bits per heavy atom. The van der Waals surface area contributed by atoms with Gasteiger partial charge < -0.3 is 24.8 Å². The van der Waals surface area contributed by atoms with Crippen LogP contribution in [0.25, 0.3) is 10.8 Å². The van der Waals surface area contributed by atoms with E-state index in [1.54, 1.807) is 18.2 Å². The number of nitrogens with one attached hydrogen (secondary N) is 2. The van der Waals surface area contributed by atoms with Crippen molar-refractivity contribution in [3.05, 3.63) is 83.2 Å². The zero-order valence-corrected chi connectivity index (χ0v) is 21.4. The maximum atomic E-state index is 13.6. The summed E-state index contributed by atoms with van der Waals surface area (Å²) in [7, 11) is 2.54. The molecule has 1 amide bonds. The summed E-state index contributed by atoms with van der Waals surface area (Å²) in [5.41, 5.74) is 1.28. The zero-order chi connectivity index (χ0) is 26.6. The molecule has 1 unspecified atom stereocenters. The molecule has 0 spiro atoms. The molecule has 1 saturated carbocycles. The van der Waals surface area contributed by atoms with Crippen LogP contribution in [-0.2, 0) is 19.1 Å². The van der Waals surface area contributed by atoms with Gasteiger partial charge in [-0.05, 0) is 41.8 Å². The number of esters is 2. The van der Waals surface area contributed by atoms with E-state index in [2.05, 4.69) is 10.6 Å². The van der Waals surface area contributed by atoms with Crippen molar-refractivity contribution < 1.29 is 28.6 Å². The molecule has 38 heavy (non-hydrogen) atoms. The van der Waals surface area contributed by atoms with E-state index in [0.29, 0.717) is 16.6 Å². The second kappa shape index (κ2) is 11.0. The number of ether oxygens (including phenoxy) is 3. The smallest absolute Gasteiger partial charge is 0.340 e. The molecule has 3 aromatic carbocycles. The molecule has 1 fully saturated rings. The van der Waals surface area contributed by atoms with Gasteiger partial charge in [0.1, 0.15) is 17.2 Å². The van der Waals surface area contributed by atoms with Gasteiger partial charge in [-0.3, -0.25) is 9.59 Å². The molecular weight excluding hydrogens is 484 g/mol. The van der Waals surface area contributed by atoms with Crippen molar-refractivity contribution in [1.82, 2.24) is 5.32 Å². The van der Waals surface area contributed by atoms with Crippen LogP contribution in [0.5, 0.6) is 5.75 Å². The van der Waals surface area contributed by atoms with Crippen LogP contribution < -0.4 is 15.4 Å². The van der Waals surface area contributed by atoms with Crippen molar-refractivity contribution in [2.45, 2.75) is 44.1 Å². The van der Waals surface area contributed by atoms with Crippen LogP contribution in [0.3, 0.4) is 0 Å². The molecule has 0 radical (unpaired) electrons. The Kier molecular flexibility index (Phi) is 7.31. The SMILES string of the molecule is COC(=O)C1=C(NC2CCCCC2)Oc2c(C(=O)Nc3ccccc3)cc3ccccc3c2C1C(=O)OC. The Labute approximate surface area is 221 Å². The van der Waals surface area contributed by atoms with Crippen LogP contribution in [-0.4, -0.2) is 38.1 Å². The standard InChI is InChI=1S/C30H30N2O6/c1-36-29(34)24-23-21-16-10-9-11-18(21)17-22(27(33)31-19-12-5-3-6-13-19)26(23)38-28(25(24)30(35)37-2)32-20-14-7-4-8-15-20/h3,5-6,9-13,16-17,20,24,32H,4,7-8,14-15H2,1-2H3,(H,31,33). The summed E-state index contributed by atoms with van der Waals surface area (Å²) in [6.07, 6.45) is 5.04. The fraction of sp³-hybridized carbons (Fsp3) is 0.300. The second-order valence-electron chi connectivity index (χ2n) is 9.48. The highest BCUT2D eigenvalue weighted by atomic mass is 16.5. The number of para-hydroxylation sites is 1. The monoisotopic (exact) mass is 514 g/mol. The Bertz CT molecular complexity index is 1410. The number of carbonyl (C=O) groups excluding carboxylic acids is 3. The summed E-state index contributed by atoms with van der Waals surface area (Å²) in [5, 5.41) is 7.65. The van der Waals surface area contributed by atoms with E-state index in [0.717, 1.165) is 37.5 Å². The lowest BCUT2D eigenvalue weighted by Crippen LogP contribution is -2.39. The van der Waals surface area contributed by atoms with Crippen LogP contribution >= 0.6 is 0 Å². The minimum Gasteiger partial charge on any atom is -0.468 e. The van der Waals surface area contributed by atoms with Crippen LogP contribution in [0, 0.1) is 0 Å². The summed E-state index contributed by atoms with van der Waals surface area (Å²) < 4.78 is 16.7. The average molecular weight is 515 g/mol.